The fraction of sp³-hybridized carbons (Fsp3) is 0.240. The predicted octanol–water partition coefficient (Wildman–Crippen LogP) is 5.97. The number of anilines is 2. The smallest absolute Gasteiger partial charge is 0.138 e. The molecule has 146 valence electrons. The van der Waals surface area contributed by atoms with E-state index in [1.54, 1.807) is 0 Å². The lowest BCUT2D eigenvalue weighted by atomic mass is 9.87. The molecule has 0 spiro atoms. The van der Waals surface area contributed by atoms with Crippen molar-refractivity contribution in [2.24, 2.45) is 0 Å². The molecule has 0 radical (unpaired) electrons. The van der Waals surface area contributed by atoms with E-state index in [9.17, 15) is 0 Å². The molecule has 4 nitrogen and oxygen atoms in total. The molecule has 0 fully saturated rings. The zero-order chi connectivity index (χ0) is 20.4. The molecule has 0 bridgehead atoms. The van der Waals surface area contributed by atoms with Crippen LogP contribution in [0.15, 0.2) is 67.0 Å². The van der Waals surface area contributed by atoms with Crippen molar-refractivity contribution in [1.29, 1.82) is 0 Å². The van der Waals surface area contributed by atoms with E-state index < -0.39 is 0 Å². The summed E-state index contributed by atoms with van der Waals surface area (Å²) in [4.78, 5) is 13.5. The minimum Gasteiger partial charge on any atom is -0.340 e. The van der Waals surface area contributed by atoms with E-state index in [4.69, 9.17) is 4.98 Å². The molecule has 0 amide bonds. The molecule has 0 aliphatic rings. The zero-order valence-corrected chi connectivity index (χ0v) is 17.4. The lowest BCUT2D eigenvalue weighted by Crippen LogP contribution is -2.10. The Balaban J connectivity index is 1.66. The van der Waals surface area contributed by atoms with Gasteiger partial charge in [-0.15, -0.1) is 0 Å². The molecule has 0 saturated carbocycles. The van der Waals surface area contributed by atoms with Gasteiger partial charge in [0.05, 0.1) is 0 Å². The summed E-state index contributed by atoms with van der Waals surface area (Å²) in [7, 11) is 0. The van der Waals surface area contributed by atoms with Crippen LogP contribution in [0.4, 0.5) is 11.5 Å². The third kappa shape index (κ3) is 4.27. The molecule has 0 atom stereocenters. The number of hydrogen-bond donors (Lipinski definition) is 1. The number of rotatable bonds is 4. The topological polar surface area (TPSA) is 50.7 Å². The van der Waals surface area contributed by atoms with Crippen molar-refractivity contribution in [2.75, 3.05) is 5.32 Å². The minimum atomic E-state index is 0.143. The largest absolute Gasteiger partial charge is 0.340 e. The molecule has 29 heavy (non-hydrogen) atoms. The number of nitrogens with one attached hydrogen (secondary N) is 1. The van der Waals surface area contributed by atoms with Gasteiger partial charge in [0.25, 0.3) is 0 Å². The highest BCUT2D eigenvalue weighted by Crippen LogP contribution is 2.29. The number of pyridine rings is 1. The molecule has 2 aromatic carbocycles. The highest BCUT2D eigenvalue weighted by Gasteiger charge is 2.13. The first-order valence-corrected chi connectivity index (χ1v) is 9.93. The maximum absolute atomic E-state index is 4.74. The monoisotopic (exact) mass is 382 g/mol. The van der Waals surface area contributed by atoms with Gasteiger partial charge in [-0.2, -0.15) is 0 Å². The van der Waals surface area contributed by atoms with Crippen LogP contribution >= 0.6 is 0 Å². The van der Waals surface area contributed by atoms with Gasteiger partial charge in [-0.1, -0.05) is 57.2 Å². The fourth-order valence-corrected chi connectivity index (χ4v) is 3.48. The van der Waals surface area contributed by atoms with E-state index in [2.05, 4.69) is 84.6 Å². The molecular formula is C25H26N4. The Labute approximate surface area is 172 Å². The van der Waals surface area contributed by atoms with Gasteiger partial charge < -0.3 is 5.32 Å². The van der Waals surface area contributed by atoms with Gasteiger partial charge >= 0.3 is 0 Å². The Kier molecular flexibility index (Phi) is 5.01. The Bertz CT molecular complexity index is 1140. The van der Waals surface area contributed by atoms with Crippen LogP contribution in [0, 0.1) is 6.92 Å². The number of nitrogens with zero attached hydrogens (tertiary/aromatic N) is 3. The average Bonchev–Trinajstić information content (AvgIpc) is 2.70. The van der Waals surface area contributed by atoms with Crippen molar-refractivity contribution in [1.82, 2.24) is 15.0 Å². The van der Waals surface area contributed by atoms with Crippen LogP contribution in [-0.2, 0) is 11.8 Å². The first-order chi connectivity index (χ1) is 13.9. The predicted molar refractivity (Wildman–Crippen MR) is 120 cm³/mol. The second-order valence-electron chi connectivity index (χ2n) is 8.40. The van der Waals surface area contributed by atoms with Crippen molar-refractivity contribution in [3.05, 3.63) is 89.6 Å². The molecule has 4 rings (SSSR count). The molecule has 1 N–H and O–H groups in total. The molecule has 4 heteroatoms. The summed E-state index contributed by atoms with van der Waals surface area (Å²) in [5, 5.41) is 5.78. The van der Waals surface area contributed by atoms with Gasteiger partial charge in [-0.3, -0.25) is 0 Å². The van der Waals surface area contributed by atoms with E-state index in [1.165, 1.54) is 10.9 Å². The summed E-state index contributed by atoms with van der Waals surface area (Å²) in [6, 6.07) is 18.9. The summed E-state index contributed by atoms with van der Waals surface area (Å²) < 4.78 is 0. The normalized spacial score (nSPS) is 11.6. The zero-order valence-electron chi connectivity index (χ0n) is 17.4. The minimum absolute atomic E-state index is 0.143. The highest BCUT2D eigenvalue weighted by atomic mass is 15.0. The Morgan fingerprint density at radius 1 is 0.862 bits per heavy atom. The van der Waals surface area contributed by atoms with Gasteiger partial charge in [-0.25, -0.2) is 15.0 Å². The van der Waals surface area contributed by atoms with Crippen LogP contribution in [0.2, 0.25) is 0 Å². The number of hydrogen-bond acceptors (Lipinski definition) is 4. The molecule has 4 aromatic rings. The third-order valence-electron chi connectivity index (χ3n) is 5.10. The van der Waals surface area contributed by atoms with Crippen molar-refractivity contribution in [3.8, 4) is 0 Å². The van der Waals surface area contributed by atoms with Gasteiger partial charge in [0.15, 0.2) is 0 Å². The van der Waals surface area contributed by atoms with Gasteiger partial charge in [-0.05, 0) is 47.1 Å². The number of fused-ring (bicyclic) bond motifs is 1. The van der Waals surface area contributed by atoms with Gasteiger partial charge in [0, 0.05) is 35.6 Å². The highest BCUT2D eigenvalue weighted by molar-refractivity contribution is 5.95. The second kappa shape index (κ2) is 7.63. The van der Waals surface area contributed by atoms with Crippen LogP contribution < -0.4 is 5.32 Å². The molecule has 2 aromatic heterocycles. The fourth-order valence-electron chi connectivity index (χ4n) is 3.48. The average molecular weight is 383 g/mol. The molecule has 2 heterocycles. The van der Waals surface area contributed by atoms with E-state index in [0.29, 0.717) is 0 Å². The molecule has 0 aliphatic carbocycles. The van der Waals surface area contributed by atoms with Gasteiger partial charge in [0.2, 0.25) is 0 Å². The molecule has 0 saturated heterocycles. The quantitative estimate of drug-likeness (QED) is 0.473. The van der Waals surface area contributed by atoms with Crippen molar-refractivity contribution < 1.29 is 0 Å². The van der Waals surface area contributed by atoms with Crippen molar-refractivity contribution >= 4 is 22.3 Å². The Morgan fingerprint density at radius 2 is 1.59 bits per heavy atom. The van der Waals surface area contributed by atoms with E-state index in [0.717, 1.165) is 40.4 Å². The summed E-state index contributed by atoms with van der Waals surface area (Å²) in [6.45, 7) is 8.59. The number of benzene rings is 2. The van der Waals surface area contributed by atoms with E-state index in [-0.39, 0.29) is 5.41 Å². The summed E-state index contributed by atoms with van der Waals surface area (Å²) >= 11 is 0. The number of aromatic nitrogens is 3. The standard InChI is InChI=1S/C25H26N4/c1-17-26-14-13-21(28-17)15-18-16-27-24(23-8-6-5-7-22(18)23)29-20-11-9-19(10-12-20)25(2,3)4/h5-14,16H,15H2,1-4H3,(H,27,29). The van der Waals surface area contributed by atoms with Gasteiger partial charge in [0.1, 0.15) is 11.6 Å². The maximum Gasteiger partial charge on any atom is 0.138 e. The second-order valence-corrected chi connectivity index (χ2v) is 8.40. The molecule has 0 aliphatic heterocycles. The Morgan fingerprint density at radius 3 is 2.28 bits per heavy atom. The van der Waals surface area contributed by atoms with Crippen LogP contribution in [-0.4, -0.2) is 15.0 Å². The summed E-state index contributed by atoms with van der Waals surface area (Å²) in [6.07, 6.45) is 4.49. The maximum atomic E-state index is 4.74. The van der Waals surface area contributed by atoms with Crippen molar-refractivity contribution in [3.63, 3.8) is 0 Å². The lowest BCUT2D eigenvalue weighted by molar-refractivity contribution is 0.590. The van der Waals surface area contributed by atoms with E-state index >= 15 is 0 Å². The number of aryl methyl sites for hydroxylation is 1. The molecule has 0 unspecified atom stereocenters. The summed E-state index contributed by atoms with van der Waals surface area (Å²) in [5.41, 5.74) is 4.66. The Hall–Kier alpha value is -3.27. The van der Waals surface area contributed by atoms with Crippen molar-refractivity contribution in [2.45, 2.75) is 39.5 Å². The first-order valence-electron chi connectivity index (χ1n) is 9.93. The van der Waals surface area contributed by atoms with E-state index in [1.807, 2.05) is 25.4 Å². The summed E-state index contributed by atoms with van der Waals surface area (Å²) in [5.74, 6) is 1.66. The van der Waals surface area contributed by atoms with Crippen LogP contribution in [0.3, 0.4) is 0 Å². The molecular weight excluding hydrogens is 356 g/mol. The lowest BCUT2D eigenvalue weighted by Gasteiger charge is -2.19. The van der Waals surface area contributed by atoms with Crippen LogP contribution in [0.1, 0.15) is 43.4 Å². The first kappa shape index (κ1) is 19.1. The third-order valence-corrected chi connectivity index (χ3v) is 5.10. The van der Waals surface area contributed by atoms with Crippen LogP contribution in [0.5, 0.6) is 0 Å². The van der Waals surface area contributed by atoms with Crippen LogP contribution in [0.25, 0.3) is 10.8 Å². The SMILES string of the molecule is Cc1nccc(Cc2cnc(Nc3ccc(C(C)(C)C)cc3)c3ccccc23)n1.